The van der Waals surface area contributed by atoms with E-state index in [1.165, 1.54) is 6.42 Å². The molecule has 0 bridgehead atoms. The molecule has 0 aliphatic heterocycles. The molecule has 0 aromatic heterocycles. The molecule has 0 amide bonds. The Hall–Kier alpha value is -0.900. The second kappa shape index (κ2) is 31.5. The van der Waals surface area contributed by atoms with Crippen molar-refractivity contribution >= 4 is 11.6 Å². The van der Waals surface area contributed by atoms with Crippen LogP contribution < -0.4 is 0 Å². The molecule has 0 fully saturated rings. The normalized spacial score (nSPS) is 9.57. The highest BCUT2D eigenvalue weighted by Gasteiger charge is 2.29. The number of rotatable bonds is 2. The number of hydrogen-bond acceptors (Lipinski definition) is 1. The first-order valence-electron chi connectivity index (χ1n) is 6.95. The van der Waals surface area contributed by atoms with Gasteiger partial charge in [0, 0.05) is 0 Å². The van der Waals surface area contributed by atoms with Gasteiger partial charge in [-0.1, -0.05) is 64.8 Å². The summed E-state index contributed by atoms with van der Waals surface area (Å²) in [7, 11) is 0. The lowest BCUT2D eigenvalue weighted by Gasteiger charge is -2.03. The molecule has 0 aromatic rings. The summed E-state index contributed by atoms with van der Waals surface area (Å²) in [5.41, 5.74) is 0. The third-order valence-electron chi connectivity index (χ3n) is 0.992. The summed E-state index contributed by atoms with van der Waals surface area (Å²) in [5, 5.41) is 0.0392. The maximum atomic E-state index is 11.2. The van der Waals surface area contributed by atoms with Crippen LogP contribution in [-0.4, -0.2) is 6.36 Å². The van der Waals surface area contributed by atoms with E-state index in [9.17, 15) is 13.2 Å². The van der Waals surface area contributed by atoms with E-state index in [-0.39, 0.29) is 5.03 Å². The van der Waals surface area contributed by atoms with E-state index >= 15 is 0 Å². The molecular formula is C16H32ClF3O. The Kier molecular flexibility index (Phi) is 48.2. The zero-order valence-corrected chi connectivity index (χ0v) is 15.2. The minimum atomic E-state index is -4.63. The van der Waals surface area contributed by atoms with Gasteiger partial charge in [-0.25, -0.2) is 0 Å². The lowest BCUT2D eigenvalue weighted by molar-refractivity contribution is -0.298. The Bertz CT molecular complexity index is 208. The summed E-state index contributed by atoms with van der Waals surface area (Å²) in [6.07, 6.45) is 1.44. The molecular weight excluding hydrogens is 301 g/mol. The topological polar surface area (TPSA) is 9.23 Å². The average Bonchev–Trinajstić information content (AvgIpc) is 2.49. The highest BCUT2D eigenvalue weighted by molar-refractivity contribution is 6.29. The van der Waals surface area contributed by atoms with Gasteiger partial charge in [0.25, 0.3) is 0 Å². The monoisotopic (exact) mass is 332 g/mol. The fraction of sp³-hybridized carbons (Fsp3) is 0.625. The molecule has 130 valence electrons. The van der Waals surface area contributed by atoms with E-state index in [4.69, 9.17) is 11.6 Å². The van der Waals surface area contributed by atoms with Gasteiger partial charge in [-0.2, -0.15) is 0 Å². The fourth-order valence-corrected chi connectivity index (χ4v) is 0.259. The Morgan fingerprint density at radius 2 is 1.33 bits per heavy atom. The van der Waals surface area contributed by atoms with Crippen LogP contribution in [0.15, 0.2) is 36.6 Å². The lowest BCUT2D eigenvalue weighted by Crippen LogP contribution is -2.08. The minimum Gasteiger partial charge on any atom is -0.413 e. The summed E-state index contributed by atoms with van der Waals surface area (Å²) in [5.74, 6) is 0. The van der Waals surface area contributed by atoms with Crippen LogP contribution in [0.3, 0.4) is 0 Å². The zero-order valence-electron chi connectivity index (χ0n) is 14.5. The summed E-state index contributed by atoms with van der Waals surface area (Å²) in [6, 6.07) is 0. The van der Waals surface area contributed by atoms with Crippen molar-refractivity contribution < 1.29 is 17.9 Å². The number of allylic oxidation sites excluding steroid dienone is 3. The summed E-state index contributed by atoms with van der Waals surface area (Å²) in [6.45, 7) is 19.9. The number of ether oxygens (including phenoxy) is 1. The van der Waals surface area contributed by atoms with Crippen LogP contribution in [-0.2, 0) is 4.74 Å². The molecule has 0 aliphatic rings. The van der Waals surface area contributed by atoms with Crippen molar-refractivity contribution in [2.45, 2.75) is 67.7 Å². The van der Waals surface area contributed by atoms with E-state index in [0.29, 0.717) is 12.7 Å². The van der Waals surface area contributed by atoms with E-state index in [0.717, 1.165) is 0 Å². The molecule has 0 saturated carbocycles. The average molecular weight is 333 g/mol. The van der Waals surface area contributed by atoms with Crippen molar-refractivity contribution in [1.82, 2.24) is 0 Å². The van der Waals surface area contributed by atoms with Crippen molar-refractivity contribution in [3.63, 3.8) is 0 Å². The molecule has 0 rings (SSSR count). The zero-order chi connectivity index (χ0) is 18.3. The molecule has 0 saturated heterocycles. The van der Waals surface area contributed by atoms with Gasteiger partial charge in [0.15, 0.2) is 0 Å². The summed E-state index contributed by atoms with van der Waals surface area (Å²) >= 11 is 5.21. The first-order valence-corrected chi connectivity index (χ1v) is 7.33. The van der Waals surface area contributed by atoms with Gasteiger partial charge in [0.2, 0.25) is 0 Å². The number of halogens is 4. The smallest absolute Gasteiger partial charge is 0.413 e. The van der Waals surface area contributed by atoms with Crippen molar-refractivity contribution in [2.75, 3.05) is 0 Å². The van der Waals surface area contributed by atoms with E-state index in [1.54, 1.807) is 6.92 Å². The maximum Gasteiger partial charge on any atom is 0.572 e. The van der Waals surface area contributed by atoms with Gasteiger partial charge in [-0.15, -0.1) is 26.3 Å². The molecule has 0 heterocycles. The fourth-order valence-electron chi connectivity index (χ4n) is 0.214. The Labute approximate surface area is 134 Å². The quantitative estimate of drug-likeness (QED) is 0.369. The maximum absolute atomic E-state index is 11.2. The van der Waals surface area contributed by atoms with Crippen molar-refractivity contribution in [3.8, 4) is 0 Å². The van der Waals surface area contributed by atoms with Gasteiger partial charge < -0.3 is 4.74 Å². The van der Waals surface area contributed by atoms with Gasteiger partial charge in [-0.3, -0.25) is 0 Å². The summed E-state index contributed by atoms with van der Waals surface area (Å²) < 4.78 is 37.0. The Morgan fingerprint density at radius 1 is 1.05 bits per heavy atom. The molecule has 21 heavy (non-hydrogen) atoms. The number of hydrogen-bond donors (Lipinski definition) is 0. The van der Waals surface area contributed by atoms with E-state index in [1.807, 2.05) is 39.8 Å². The van der Waals surface area contributed by atoms with Crippen LogP contribution >= 0.6 is 11.6 Å². The van der Waals surface area contributed by atoms with Crippen LogP contribution in [0.2, 0.25) is 0 Å². The molecule has 0 aliphatic carbocycles. The molecule has 1 nitrogen and oxygen atoms in total. The first kappa shape index (κ1) is 32.2. The first-order chi connectivity index (χ1) is 9.78. The van der Waals surface area contributed by atoms with Crippen LogP contribution in [0.1, 0.15) is 61.3 Å². The third kappa shape index (κ3) is 85.1. The van der Waals surface area contributed by atoms with Crippen molar-refractivity contribution in [3.05, 3.63) is 36.6 Å². The van der Waals surface area contributed by atoms with Gasteiger partial charge in [-0.05, 0) is 20.3 Å². The second-order valence-corrected chi connectivity index (χ2v) is 3.34. The van der Waals surface area contributed by atoms with Crippen molar-refractivity contribution in [2.24, 2.45) is 0 Å². The highest BCUT2D eigenvalue weighted by atomic mass is 35.5. The molecule has 0 radical (unpaired) electrons. The predicted molar refractivity (Wildman–Crippen MR) is 90.4 cm³/mol. The molecule has 0 unspecified atom stereocenters. The summed E-state index contributed by atoms with van der Waals surface area (Å²) in [4.78, 5) is 0. The number of alkyl halides is 3. The van der Waals surface area contributed by atoms with Gasteiger partial charge in [0.1, 0.15) is 6.26 Å². The van der Waals surface area contributed by atoms with Crippen LogP contribution in [0.5, 0.6) is 0 Å². The van der Waals surface area contributed by atoms with Crippen LogP contribution in [0.25, 0.3) is 0 Å². The van der Waals surface area contributed by atoms with Crippen molar-refractivity contribution in [1.29, 1.82) is 0 Å². The Balaban J connectivity index is -0.0000000646. The largest absolute Gasteiger partial charge is 0.572 e. The molecule has 0 atom stereocenters. The van der Waals surface area contributed by atoms with E-state index in [2.05, 4.69) is 31.7 Å². The minimum absolute atomic E-state index is 0.0392. The standard InChI is InChI=1S/C5H6ClF3O.C4H8.C3H8.C2H6.C2H4/c1-2-4(6)3-10-5(7,8)9;1-3-4-2;1-3-2;2*1-2/h3H,2H2,1H3;3-4H,1-2H3;3H2,1-2H3;1-2H3;1-2H2/b2*4-3-;;;. The SMILES string of the molecule is C/C=C\C.C=C.CC.CC/C(Cl)=C/OC(F)(F)F.CCC. The van der Waals surface area contributed by atoms with E-state index < -0.39 is 6.36 Å². The Morgan fingerprint density at radius 3 is 1.48 bits per heavy atom. The lowest BCUT2D eigenvalue weighted by atomic mass is 10.5. The molecule has 0 spiro atoms. The molecule has 5 heteroatoms. The predicted octanol–water partition coefficient (Wildman–Crippen LogP) is 7.84. The van der Waals surface area contributed by atoms with Crippen LogP contribution in [0.4, 0.5) is 13.2 Å². The van der Waals surface area contributed by atoms with Crippen LogP contribution in [0, 0.1) is 0 Å². The third-order valence-corrected chi connectivity index (χ3v) is 1.35. The molecule has 0 aromatic carbocycles. The molecule has 0 N–H and O–H groups in total. The second-order valence-electron chi connectivity index (χ2n) is 2.86. The van der Waals surface area contributed by atoms with Gasteiger partial charge >= 0.3 is 6.36 Å². The highest BCUT2D eigenvalue weighted by Crippen LogP contribution is 2.18. The van der Waals surface area contributed by atoms with Gasteiger partial charge in [0.05, 0.1) is 5.03 Å².